The van der Waals surface area contributed by atoms with Gasteiger partial charge in [-0.15, -0.1) is 0 Å². The van der Waals surface area contributed by atoms with Gasteiger partial charge in [-0.3, -0.25) is 4.40 Å². The number of imidazole rings is 1. The summed E-state index contributed by atoms with van der Waals surface area (Å²) in [5.41, 5.74) is 7.38. The molecule has 0 amide bonds. The van der Waals surface area contributed by atoms with Crippen LogP contribution in [0.4, 0.5) is 5.69 Å². The van der Waals surface area contributed by atoms with Crippen LogP contribution in [0.2, 0.25) is 0 Å². The molecule has 0 fully saturated rings. The van der Waals surface area contributed by atoms with E-state index in [1.54, 1.807) is 0 Å². The van der Waals surface area contributed by atoms with Gasteiger partial charge in [-0.1, -0.05) is 84.9 Å². The van der Waals surface area contributed by atoms with Crippen LogP contribution in [0.15, 0.2) is 140 Å². The summed E-state index contributed by atoms with van der Waals surface area (Å²) in [4.78, 5) is 9.69. The van der Waals surface area contributed by atoms with Crippen LogP contribution in [0.25, 0.3) is 49.8 Å². The number of para-hydroxylation sites is 1. The van der Waals surface area contributed by atoms with Crippen LogP contribution < -0.4 is 9.64 Å². The van der Waals surface area contributed by atoms with Crippen molar-refractivity contribution in [1.29, 1.82) is 0 Å². The topological polar surface area (TPSA) is 33.0 Å². The van der Waals surface area contributed by atoms with Crippen LogP contribution in [-0.4, -0.2) is 28.0 Å². The summed E-state index contributed by atoms with van der Waals surface area (Å²) in [6.45, 7) is 0.817. The minimum absolute atomic E-state index is 0.774. The van der Waals surface area contributed by atoms with E-state index >= 15 is 0 Å². The van der Waals surface area contributed by atoms with Gasteiger partial charge >= 0.3 is 0 Å². The van der Waals surface area contributed by atoms with Gasteiger partial charge in [-0.05, 0) is 41.8 Å². The van der Waals surface area contributed by atoms with E-state index in [2.05, 4.69) is 143 Å². The molecule has 0 spiro atoms. The van der Waals surface area contributed by atoms with E-state index in [9.17, 15) is 0 Å². The predicted molar refractivity (Wildman–Crippen MR) is 172 cm³/mol. The van der Waals surface area contributed by atoms with Crippen molar-refractivity contribution in [3.05, 3.63) is 140 Å². The fraction of sp³-hybridized carbons (Fsp3) is 0.0541. The Balaban J connectivity index is 1.35. The molecule has 1 aliphatic heterocycles. The number of fused-ring (bicyclic) bond motifs is 6. The minimum Gasteiger partial charge on any atom is -0.457 e. The van der Waals surface area contributed by atoms with Gasteiger partial charge in [0.2, 0.25) is 0 Å². The summed E-state index contributed by atoms with van der Waals surface area (Å²) >= 11 is 0. The molecule has 5 aromatic carbocycles. The lowest BCUT2D eigenvalue weighted by Crippen LogP contribution is -2.21. The molecule has 3 heterocycles. The summed E-state index contributed by atoms with van der Waals surface area (Å²) < 4.78 is 8.79. The highest BCUT2D eigenvalue weighted by atomic mass is 16.5. The number of ether oxygens (including phenoxy) is 1. The molecule has 2 aromatic heterocycles. The van der Waals surface area contributed by atoms with Gasteiger partial charge in [-0.2, -0.15) is 0 Å². The lowest BCUT2D eigenvalue weighted by atomic mass is 10.0. The van der Waals surface area contributed by atoms with Gasteiger partial charge in [-0.25, -0.2) is 4.98 Å². The van der Waals surface area contributed by atoms with Gasteiger partial charge in [0.05, 0.1) is 23.6 Å². The molecule has 0 bridgehead atoms. The molecule has 42 heavy (non-hydrogen) atoms. The smallest absolute Gasteiger partial charge is 0.146 e. The Morgan fingerprint density at radius 1 is 0.619 bits per heavy atom. The Morgan fingerprint density at radius 3 is 2.14 bits per heavy atom. The van der Waals surface area contributed by atoms with Gasteiger partial charge in [0.1, 0.15) is 17.1 Å². The van der Waals surface area contributed by atoms with Crippen molar-refractivity contribution >= 4 is 33.0 Å². The van der Waals surface area contributed by atoms with Crippen molar-refractivity contribution in [3.63, 3.8) is 0 Å². The van der Waals surface area contributed by atoms with Crippen LogP contribution in [0, 0.1) is 0 Å². The maximum absolute atomic E-state index is 6.48. The number of hydrogen-bond acceptors (Lipinski definition) is 4. The molecule has 7 aromatic rings. The van der Waals surface area contributed by atoms with Crippen LogP contribution in [0.3, 0.4) is 0 Å². The largest absolute Gasteiger partial charge is 0.457 e. The Kier molecular flexibility index (Phi) is 5.67. The fourth-order valence-corrected chi connectivity index (χ4v) is 5.96. The standard InChI is InChI=1S/C37H28N4O/c1-39-21-22-40(25-39)28-15-10-16-29(23-28)42-30-19-20-31-32-17-8-9-18-34(32)41-36(27-13-6-3-7-14-27)35(26-11-4-2-5-12-26)38-37(41)33(31)24-30/h2-24H,25H2,1H3. The summed E-state index contributed by atoms with van der Waals surface area (Å²) in [5.74, 6) is 1.57. The number of pyridine rings is 1. The normalized spacial score (nSPS) is 13.1. The zero-order valence-electron chi connectivity index (χ0n) is 23.2. The molecule has 0 unspecified atom stereocenters. The third-order valence-electron chi connectivity index (χ3n) is 7.90. The molecule has 8 rings (SSSR count). The van der Waals surface area contributed by atoms with Crippen molar-refractivity contribution in [3.8, 4) is 34.0 Å². The lowest BCUT2D eigenvalue weighted by Gasteiger charge is -2.19. The van der Waals surface area contributed by atoms with Gasteiger partial charge in [0, 0.05) is 53.1 Å². The van der Waals surface area contributed by atoms with Crippen molar-refractivity contribution in [1.82, 2.24) is 14.3 Å². The molecule has 202 valence electrons. The second-order valence-electron chi connectivity index (χ2n) is 10.7. The highest BCUT2D eigenvalue weighted by Gasteiger charge is 2.21. The van der Waals surface area contributed by atoms with E-state index in [1.807, 2.05) is 18.2 Å². The van der Waals surface area contributed by atoms with Gasteiger partial charge in [0.25, 0.3) is 0 Å². The Morgan fingerprint density at radius 2 is 1.36 bits per heavy atom. The van der Waals surface area contributed by atoms with Crippen LogP contribution in [0.1, 0.15) is 0 Å². The van der Waals surface area contributed by atoms with E-state index in [0.717, 1.165) is 68.3 Å². The summed E-state index contributed by atoms with van der Waals surface area (Å²) in [6.07, 6.45) is 4.16. The highest BCUT2D eigenvalue weighted by Crippen LogP contribution is 2.40. The number of nitrogens with zero attached hydrogens (tertiary/aromatic N) is 4. The molecular weight excluding hydrogens is 516 g/mol. The van der Waals surface area contributed by atoms with Crippen molar-refractivity contribution in [2.45, 2.75) is 0 Å². The lowest BCUT2D eigenvalue weighted by molar-refractivity contribution is 0.481. The Bertz CT molecular complexity index is 2120. The molecule has 0 atom stereocenters. The fourth-order valence-electron chi connectivity index (χ4n) is 5.96. The molecule has 1 aliphatic rings. The second-order valence-corrected chi connectivity index (χ2v) is 10.7. The third-order valence-corrected chi connectivity index (χ3v) is 7.90. The maximum Gasteiger partial charge on any atom is 0.146 e. The average molecular weight is 545 g/mol. The number of benzene rings is 5. The first-order chi connectivity index (χ1) is 20.7. The third kappa shape index (κ3) is 4.06. The monoisotopic (exact) mass is 544 g/mol. The number of aromatic nitrogens is 2. The SMILES string of the molecule is CN1C=CN(c2cccc(Oc3ccc4c5ccccc5n5c(-c6ccccc6)c(-c6ccccc6)nc5c4c3)c2)C1. The zero-order chi connectivity index (χ0) is 28.0. The van der Waals surface area contributed by atoms with Crippen LogP contribution >= 0.6 is 0 Å². The van der Waals surface area contributed by atoms with Crippen LogP contribution in [0.5, 0.6) is 11.5 Å². The number of anilines is 1. The first-order valence-corrected chi connectivity index (χ1v) is 14.1. The van der Waals surface area contributed by atoms with E-state index < -0.39 is 0 Å². The second kappa shape index (κ2) is 9.82. The number of rotatable bonds is 5. The Hall–Kier alpha value is -5.55. The Labute approximate surface area is 244 Å². The minimum atomic E-state index is 0.774. The summed E-state index contributed by atoms with van der Waals surface area (Å²) in [7, 11) is 2.07. The first kappa shape index (κ1) is 24.3. The molecule has 5 nitrogen and oxygen atoms in total. The maximum atomic E-state index is 6.48. The first-order valence-electron chi connectivity index (χ1n) is 14.1. The van der Waals surface area contributed by atoms with E-state index in [0.29, 0.717) is 0 Å². The van der Waals surface area contributed by atoms with Gasteiger partial charge in [0.15, 0.2) is 0 Å². The molecule has 0 N–H and O–H groups in total. The molecular formula is C37H28N4O. The molecule has 0 saturated carbocycles. The summed E-state index contributed by atoms with van der Waals surface area (Å²) in [5, 5.41) is 3.37. The quantitative estimate of drug-likeness (QED) is 0.203. The van der Waals surface area contributed by atoms with Crippen molar-refractivity contribution in [2.24, 2.45) is 0 Å². The molecule has 0 saturated heterocycles. The van der Waals surface area contributed by atoms with E-state index in [1.165, 1.54) is 5.39 Å². The van der Waals surface area contributed by atoms with Crippen molar-refractivity contribution in [2.75, 3.05) is 18.6 Å². The predicted octanol–water partition coefficient (Wildman–Crippen LogP) is 8.95. The number of hydrogen-bond donors (Lipinski definition) is 0. The highest BCUT2D eigenvalue weighted by molar-refractivity contribution is 6.13. The zero-order valence-corrected chi connectivity index (χ0v) is 23.2. The average Bonchev–Trinajstić information content (AvgIpc) is 3.67. The molecule has 0 radical (unpaired) electrons. The van der Waals surface area contributed by atoms with Crippen molar-refractivity contribution < 1.29 is 4.74 Å². The van der Waals surface area contributed by atoms with Crippen LogP contribution in [-0.2, 0) is 0 Å². The van der Waals surface area contributed by atoms with E-state index in [4.69, 9.17) is 9.72 Å². The molecule has 5 heteroatoms. The molecule has 0 aliphatic carbocycles. The van der Waals surface area contributed by atoms with Gasteiger partial charge < -0.3 is 14.5 Å². The van der Waals surface area contributed by atoms with E-state index in [-0.39, 0.29) is 0 Å². The summed E-state index contributed by atoms with van der Waals surface area (Å²) in [6, 6.07) is 44.2.